The van der Waals surface area contributed by atoms with Gasteiger partial charge in [0, 0.05) is 30.6 Å². The van der Waals surface area contributed by atoms with Gasteiger partial charge in [-0.2, -0.15) is 0 Å². The van der Waals surface area contributed by atoms with Crippen molar-refractivity contribution in [3.8, 4) is 0 Å². The largest absolute Gasteiger partial charge is 0.516 e. The average Bonchev–Trinajstić information content (AvgIpc) is 2.76. The standard InChI is InChI=1S/C15H18N2O4/c1-3-20-15(19)21-14(18)12(16)8-10-9-17(2)13-7-5-4-6-11(10)13/h4-7,9,12H,3,8,16H2,1-2H3/t12-/m1/s1. The van der Waals surface area contributed by atoms with Gasteiger partial charge in [-0.25, -0.2) is 9.59 Å². The summed E-state index contributed by atoms with van der Waals surface area (Å²) in [7, 11) is 1.92. The Labute approximate surface area is 122 Å². The molecule has 0 fully saturated rings. The summed E-state index contributed by atoms with van der Waals surface area (Å²) in [5.41, 5.74) is 7.79. The van der Waals surface area contributed by atoms with E-state index in [9.17, 15) is 9.59 Å². The lowest BCUT2D eigenvalue weighted by atomic mass is 10.1. The number of ether oxygens (including phenoxy) is 2. The number of carbonyl (C=O) groups is 2. The molecule has 0 saturated heterocycles. The molecule has 0 radical (unpaired) electrons. The van der Waals surface area contributed by atoms with Crippen LogP contribution in [0.3, 0.4) is 0 Å². The third-order valence-corrected chi connectivity index (χ3v) is 3.17. The predicted octanol–water partition coefficient (Wildman–Crippen LogP) is 1.75. The van der Waals surface area contributed by atoms with Crippen LogP contribution in [0.25, 0.3) is 10.9 Å². The minimum atomic E-state index is -1.02. The first-order valence-corrected chi connectivity index (χ1v) is 6.70. The normalized spacial score (nSPS) is 12.1. The molecule has 21 heavy (non-hydrogen) atoms. The molecular weight excluding hydrogens is 272 g/mol. The maximum Gasteiger partial charge on any atom is 0.516 e. The van der Waals surface area contributed by atoms with Crippen LogP contribution in [0.2, 0.25) is 0 Å². The minimum absolute atomic E-state index is 0.144. The molecule has 112 valence electrons. The summed E-state index contributed by atoms with van der Waals surface area (Å²) in [6.07, 6.45) is 1.19. The fourth-order valence-corrected chi connectivity index (χ4v) is 2.21. The van der Waals surface area contributed by atoms with Crippen molar-refractivity contribution in [3.63, 3.8) is 0 Å². The number of hydrogen-bond acceptors (Lipinski definition) is 5. The summed E-state index contributed by atoms with van der Waals surface area (Å²) < 4.78 is 11.0. The van der Waals surface area contributed by atoms with Gasteiger partial charge in [0.25, 0.3) is 0 Å². The van der Waals surface area contributed by atoms with E-state index >= 15 is 0 Å². The number of benzene rings is 1. The lowest BCUT2D eigenvalue weighted by Gasteiger charge is -2.09. The fourth-order valence-electron chi connectivity index (χ4n) is 2.21. The molecule has 0 saturated carbocycles. The molecule has 2 rings (SSSR count). The van der Waals surface area contributed by atoms with Crippen molar-refractivity contribution in [2.75, 3.05) is 6.61 Å². The molecule has 0 spiro atoms. The fraction of sp³-hybridized carbons (Fsp3) is 0.333. The summed E-state index contributed by atoms with van der Waals surface area (Å²) >= 11 is 0. The molecule has 0 amide bonds. The van der Waals surface area contributed by atoms with Gasteiger partial charge in [0.05, 0.1) is 6.61 Å². The van der Waals surface area contributed by atoms with E-state index in [1.807, 2.05) is 42.1 Å². The molecule has 0 unspecified atom stereocenters. The zero-order valence-corrected chi connectivity index (χ0v) is 12.0. The van der Waals surface area contributed by atoms with Gasteiger partial charge in [0.15, 0.2) is 0 Å². The Morgan fingerprint density at radius 3 is 2.76 bits per heavy atom. The van der Waals surface area contributed by atoms with Crippen LogP contribution in [0, 0.1) is 0 Å². The number of aryl methyl sites for hydroxylation is 1. The van der Waals surface area contributed by atoms with E-state index in [1.165, 1.54) is 0 Å². The number of rotatable bonds is 4. The third-order valence-electron chi connectivity index (χ3n) is 3.17. The highest BCUT2D eigenvalue weighted by Gasteiger charge is 2.21. The van der Waals surface area contributed by atoms with E-state index < -0.39 is 18.2 Å². The highest BCUT2D eigenvalue weighted by Crippen LogP contribution is 2.21. The molecule has 1 atom stereocenters. The van der Waals surface area contributed by atoms with Crippen LogP contribution in [0.4, 0.5) is 4.79 Å². The Morgan fingerprint density at radius 1 is 1.33 bits per heavy atom. The molecule has 1 aromatic carbocycles. The Morgan fingerprint density at radius 2 is 2.05 bits per heavy atom. The van der Waals surface area contributed by atoms with Crippen LogP contribution in [0.5, 0.6) is 0 Å². The summed E-state index contributed by atoms with van der Waals surface area (Å²) in [4.78, 5) is 22.8. The van der Waals surface area contributed by atoms with Crippen molar-refractivity contribution in [2.24, 2.45) is 12.8 Å². The number of para-hydroxylation sites is 1. The molecule has 1 heterocycles. The van der Waals surface area contributed by atoms with Gasteiger partial charge >= 0.3 is 12.1 Å². The Kier molecular flexibility index (Phi) is 4.59. The molecule has 2 N–H and O–H groups in total. The monoisotopic (exact) mass is 290 g/mol. The van der Waals surface area contributed by atoms with E-state index in [-0.39, 0.29) is 6.61 Å². The van der Waals surface area contributed by atoms with Gasteiger partial charge in [-0.05, 0) is 18.6 Å². The highest BCUT2D eigenvalue weighted by atomic mass is 16.7. The Hall–Kier alpha value is -2.34. The predicted molar refractivity (Wildman–Crippen MR) is 77.7 cm³/mol. The van der Waals surface area contributed by atoms with Crippen LogP contribution in [0.15, 0.2) is 30.5 Å². The lowest BCUT2D eigenvalue weighted by molar-refractivity contribution is -0.141. The first kappa shape index (κ1) is 15.1. The van der Waals surface area contributed by atoms with Gasteiger partial charge < -0.3 is 19.8 Å². The molecule has 0 aliphatic heterocycles. The van der Waals surface area contributed by atoms with E-state index in [1.54, 1.807) is 6.92 Å². The van der Waals surface area contributed by atoms with E-state index in [0.717, 1.165) is 16.5 Å². The van der Waals surface area contributed by atoms with Gasteiger partial charge in [-0.1, -0.05) is 18.2 Å². The van der Waals surface area contributed by atoms with Crippen LogP contribution >= 0.6 is 0 Å². The topological polar surface area (TPSA) is 83.6 Å². The minimum Gasteiger partial charge on any atom is -0.434 e. The highest BCUT2D eigenvalue weighted by molar-refractivity contribution is 5.88. The van der Waals surface area contributed by atoms with Crippen molar-refractivity contribution in [1.29, 1.82) is 0 Å². The number of carbonyl (C=O) groups excluding carboxylic acids is 2. The molecule has 0 aliphatic carbocycles. The maximum absolute atomic E-state index is 11.7. The molecule has 6 heteroatoms. The van der Waals surface area contributed by atoms with E-state index in [2.05, 4.69) is 9.47 Å². The second-order valence-corrected chi connectivity index (χ2v) is 4.70. The molecular formula is C15H18N2O4. The molecule has 2 aromatic rings. The number of fused-ring (bicyclic) bond motifs is 1. The molecule has 0 bridgehead atoms. The molecule has 6 nitrogen and oxygen atoms in total. The van der Waals surface area contributed by atoms with Gasteiger partial charge in [0.2, 0.25) is 0 Å². The summed E-state index contributed by atoms with van der Waals surface area (Å²) in [5, 5.41) is 1.03. The average molecular weight is 290 g/mol. The van der Waals surface area contributed by atoms with E-state index in [4.69, 9.17) is 5.73 Å². The summed E-state index contributed by atoms with van der Waals surface area (Å²) in [6, 6.07) is 6.91. The van der Waals surface area contributed by atoms with Crippen LogP contribution in [-0.2, 0) is 27.7 Å². The van der Waals surface area contributed by atoms with Crippen LogP contribution < -0.4 is 5.73 Å². The lowest BCUT2D eigenvalue weighted by Crippen LogP contribution is -2.35. The first-order valence-electron chi connectivity index (χ1n) is 6.70. The van der Waals surface area contributed by atoms with Crippen LogP contribution in [-0.4, -0.2) is 29.3 Å². The SMILES string of the molecule is CCOC(=O)OC(=O)[C@H](N)Cc1cn(C)c2ccccc12. The summed E-state index contributed by atoms with van der Waals surface area (Å²) in [5.74, 6) is -0.790. The summed E-state index contributed by atoms with van der Waals surface area (Å²) in [6.45, 7) is 1.77. The van der Waals surface area contributed by atoms with Crippen molar-refractivity contribution in [3.05, 3.63) is 36.0 Å². The van der Waals surface area contributed by atoms with Gasteiger partial charge in [-0.3, -0.25) is 0 Å². The number of nitrogens with zero attached hydrogens (tertiary/aromatic N) is 1. The van der Waals surface area contributed by atoms with Crippen molar-refractivity contribution in [2.45, 2.75) is 19.4 Å². The maximum atomic E-state index is 11.7. The molecule has 0 aliphatic rings. The second kappa shape index (κ2) is 6.41. The van der Waals surface area contributed by atoms with E-state index in [0.29, 0.717) is 6.42 Å². The van der Waals surface area contributed by atoms with Crippen molar-refractivity contribution >= 4 is 23.0 Å². The Balaban J connectivity index is 2.09. The zero-order chi connectivity index (χ0) is 15.4. The number of esters is 1. The smallest absolute Gasteiger partial charge is 0.434 e. The number of hydrogen-bond donors (Lipinski definition) is 1. The number of aromatic nitrogens is 1. The van der Waals surface area contributed by atoms with Gasteiger partial charge in [0.1, 0.15) is 6.04 Å². The second-order valence-electron chi connectivity index (χ2n) is 4.70. The van der Waals surface area contributed by atoms with Crippen molar-refractivity contribution < 1.29 is 19.1 Å². The zero-order valence-electron chi connectivity index (χ0n) is 12.0. The van der Waals surface area contributed by atoms with Crippen LogP contribution in [0.1, 0.15) is 12.5 Å². The quantitative estimate of drug-likeness (QED) is 0.685. The third kappa shape index (κ3) is 3.41. The van der Waals surface area contributed by atoms with Crippen molar-refractivity contribution in [1.82, 2.24) is 4.57 Å². The van der Waals surface area contributed by atoms with Gasteiger partial charge in [-0.15, -0.1) is 0 Å². The Bertz CT molecular complexity index is 663. The number of nitrogens with two attached hydrogens (primary N) is 1. The first-order chi connectivity index (χ1) is 10.0. The molecule has 1 aromatic heterocycles.